The Kier molecular flexibility index (Phi) is 6.57. The third-order valence-corrected chi connectivity index (χ3v) is 3.55. The molecule has 0 fully saturated rings. The molecule has 3 amide bonds. The molecule has 0 bridgehead atoms. The van der Waals surface area contributed by atoms with Crippen molar-refractivity contribution in [2.24, 2.45) is 0 Å². The van der Waals surface area contributed by atoms with Crippen LogP contribution in [0.3, 0.4) is 0 Å². The van der Waals surface area contributed by atoms with Gasteiger partial charge in [-0.2, -0.15) is 0 Å². The highest BCUT2D eigenvalue weighted by Gasteiger charge is 2.28. The number of ether oxygens (including phenoxy) is 1. The number of hydrogen-bond acceptors (Lipinski definition) is 5. The van der Waals surface area contributed by atoms with Gasteiger partial charge in [0.05, 0.1) is 0 Å². The van der Waals surface area contributed by atoms with Gasteiger partial charge in [0.15, 0.2) is 0 Å². The molecule has 26 heavy (non-hydrogen) atoms. The molecule has 2 rings (SSSR count). The second kappa shape index (κ2) is 8.87. The predicted molar refractivity (Wildman–Crippen MR) is 94.9 cm³/mol. The topological polar surface area (TPSA) is 105 Å². The Bertz CT molecular complexity index is 810. The zero-order valence-electron chi connectivity index (χ0n) is 13.9. The minimum Gasteiger partial charge on any atom is -0.507 e. The molecule has 8 heteroatoms. The normalized spacial score (nSPS) is 11.3. The number of esters is 1. The lowest BCUT2D eigenvalue weighted by Gasteiger charge is -2.18. The lowest BCUT2D eigenvalue weighted by molar-refractivity contribution is -0.129. The summed E-state index contributed by atoms with van der Waals surface area (Å²) in [5, 5.41) is 14.6. The van der Waals surface area contributed by atoms with Crippen molar-refractivity contribution >= 4 is 29.5 Å². The number of carbonyl (C=O) groups is 3. The van der Waals surface area contributed by atoms with Gasteiger partial charge in [-0.1, -0.05) is 41.9 Å². The smallest absolute Gasteiger partial charge is 0.343 e. The quantitative estimate of drug-likeness (QED) is 0.696. The molecule has 0 unspecified atom stereocenters. The molecule has 2 aromatic rings. The highest BCUT2D eigenvalue weighted by molar-refractivity contribution is 6.30. The molecular weight excluding hydrogens is 360 g/mol. The number of nitrogens with one attached hydrogen (secondary N) is 2. The predicted octanol–water partition coefficient (Wildman–Crippen LogP) is 2.79. The average molecular weight is 377 g/mol. The summed E-state index contributed by atoms with van der Waals surface area (Å²) in [5.74, 6) is -2.12. The Hall–Kier alpha value is -3.06. The van der Waals surface area contributed by atoms with Crippen LogP contribution in [0, 0.1) is 0 Å². The summed E-state index contributed by atoms with van der Waals surface area (Å²) in [7, 11) is 0. The van der Waals surface area contributed by atoms with E-state index < -0.39 is 24.0 Å². The number of phenols is 1. The first-order valence-electron chi connectivity index (χ1n) is 7.75. The van der Waals surface area contributed by atoms with Crippen molar-refractivity contribution in [3.05, 3.63) is 64.7 Å². The van der Waals surface area contributed by atoms with E-state index in [4.69, 9.17) is 16.3 Å². The van der Waals surface area contributed by atoms with E-state index in [1.54, 1.807) is 37.3 Å². The molecule has 0 spiro atoms. The molecular formula is C18H17ClN2O5. The summed E-state index contributed by atoms with van der Waals surface area (Å²) in [6, 6.07) is 11.4. The Morgan fingerprint density at radius 2 is 1.85 bits per heavy atom. The molecule has 3 N–H and O–H groups in total. The summed E-state index contributed by atoms with van der Waals surface area (Å²) >= 11 is 5.74. The molecule has 0 heterocycles. The van der Waals surface area contributed by atoms with Crippen molar-refractivity contribution in [2.75, 3.05) is 6.54 Å². The second-order valence-corrected chi connectivity index (χ2v) is 5.64. The highest BCUT2D eigenvalue weighted by atomic mass is 35.5. The van der Waals surface area contributed by atoms with E-state index >= 15 is 0 Å². The van der Waals surface area contributed by atoms with Gasteiger partial charge in [-0.3, -0.25) is 10.1 Å². The number of hydrogen-bond donors (Lipinski definition) is 3. The lowest BCUT2D eigenvalue weighted by atomic mass is 10.1. The van der Waals surface area contributed by atoms with Gasteiger partial charge in [0.25, 0.3) is 5.91 Å². The van der Waals surface area contributed by atoms with E-state index in [2.05, 4.69) is 10.6 Å². The molecule has 0 aliphatic heterocycles. The molecule has 0 aliphatic carbocycles. The van der Waals surface area contributed by atoms with Gasteiger partial charge in [-0.05, 0) is 25.1 Å². The Balaban J connectivity index is 2.25. The standard InChI is InChI=1S/C18H17ClN2O5/c1-2-20-18(25)21-16(23)15(11-6-4-3-5-7-11)26-17(24)13-9-8-12(19)10-14(13)22/h3-10,15,22H,2H2,1H3,(H2,20,21,23,25)/t15-/m1/s1. The number of carbonyl (C=O) groups excluding carboxylic acids is 3. The third-order valence-electron chi connectivity index (χ3n) is 3.32. The molecule has 1 atom stereocenters. The molecule has 0 aliphatic rings. The van der Waals surface area contributed by atoms with Crippen molar-refractivity contribution in [1.29, 1.82) is 0 Å². The maximum atomic E-state index is 12.4. The van der Waals surface area contributed by atoms with Crippen LogP contribution in [-0.2, 0) is 9.53 Å². The van der Waals surface area contributed by atoms with Crippen LogP contribution < -0.4 is 10.6 Å². The number of rotatable bonds is 5. The van der Waals surface area contributed by atoms with Crippen molar-refractivity contribution in [3.8, 4) is 5.75 Å². The number of urea groups is 1. The summed E-state index contributed by atoms with van der Waals surface area (Å²) in [5.41, 5.74) is 0.220. The van der Waals surface area contributed by atoms with Gasteiger partial charge in [0.1, 0.15) is 11.3 Å². The lowest BCUT2D eigenvalue weighted by Crippen LogP contribution is -2.42. The number of aromatic hydroxyl groups is 1. The third kappa shape index (κ3) is 4.97. The van der Waals surface area contributed by atoms with Gasteiger partial charge >= 0.3 is 12.0 Å². The number of phenolic OH excluding ortho intramolecular Hbond substituents is 1. The summed E-state index contributed by atoms with van der Waals surface area (Å²) in [4.78, 5) is 36.4. The SMILES string of the molecule is CCNC(=O)NC(=O)[C@H](OC(=O)c1ccc(Cl)cc1O)c1ccccc1. The molecule has 0 saturated heterocycles. The highest BCUT2D eigenvalue weighted by Crippen LogP contribution is 2.25. The first-order chi connectivity index (χ1) is 12.4. The average Bonchev–Trinajstić information content (AvgIpc) is 2.60. The van der Waals surface area contributed by atoms with Crippen LogP contribution >= 0.6 is 11.6 Å². The minimum absolute atomic E-state index is 0.152. The van der Waals surface area contributed by atoms with Crippen molar-refractivity contribution in [1.82, 2.24) is 10.6 Å². The maximum absolute atomic E-state index is 12.4. The van der Waals surface area contributed by atoms with Crippen molar-refractivity contribution < 1.29 is 24.2 Å². The van der Waals surface area contributed by atoms with E-state index in [1.165, 1.54) is 18.2 Å². The van der Waals surface area contributed by atoms with E-state index in [-0.39, 0.29) is 16.3 Å². The van der Waals surface area contributed by atoms with Crippen molar-refractivity contribution in [3.63, 3.8) is 0 Å². The Morgan fingerprint density at radius 3 is 2.46 bits per heavy atom. The van der Waals surface area contributed by atoms with Crippen LogP contribution in [-0.4, -0.2) is 29.6 Å². The van der Waals surface area contributed by atoms with Gasteiger partial charge in [-0.15, -0.1) is 0 Å². The monoisotopic (exact) mass is 376 g/mol. The molecule has 0 aromatic heterocycles. The fourth-order valence-corrected chi connectivity index (χ4v) is 2.30. The number of amides is 3. The molecule has 0 radical (unpaired) electrons. The summed E-state index contributed by atoms with van der Waals surface area (Å²) < 4.78 is 5.25. The van der Waals surface area contributed by atoms with E-state index in [0.717, 1.165) is 0 Å². The number of halogens is 1. The first-order valence-corrected chi connectivity index (χ1v) is 8.13. The van der Waals surface area contributed by atoms with Crippen LogP contribution in [0.2, 0.25) is 5.02 Å². The summed E-state index contributed by atoms with van der Waals surface area (Å²) in [6.45, 7) is 2.02. The number of imide groups is 1. The molecule has 136 valence electrons. The van der Waals surface area contributed by atoms with Crippen LogP contribution in [0.4, 0.5) is 4.79 Å². The van der Waals surface area contributed by atoms with Gasteiger partial charge < -0.3 is 15.2 Å². The van der Waals surface area contributed by atoms with Crippen molar-refractivity contribution in [2.45, 2.75) is 13.0 Å². The second-order valence-electron chi connectivity index (χ2n) is 5.21. The molecule has 0 saturated carbocycles. The van der Waals surface area contributed by atoms with Crippen LogP contribution in [0.5, 0.6) is 5.75 Å². The Morgan fingerprint density at radius 1 is 1.15 bits per heavy atom. The fourth-order valence-electron chi connectivity index (χ4n) is 2.13. The van der Waals surface area contributed by atoms with E-state index in [0.29, 0.717) is 12.1 Å². The Labute approximate surface area is 154 Å². The summed E-state index contributed by atoms with van der Waals surface area (Å²) in [6.07, 6.45) is -1.37. The van der Waals surface area contributed by atoms with E-state index in [9.17, 15) is 19.5 Å². The zero-order valence-corrected chi connectivity index (χ0v) is 14.6. The van der Waals surface area contributed by atoms with E-state index in [1.807, 2.05) is 0 Å². The minimum atomic E-state index is -1.37. The first kappa shape index (κ1) is 19.3. The zero-order chi connectivity index (χ0) is 19.1. The maximum Gasteiger partial charge on any atom is 0.343 e. The molecule has 7 nitrogen and oxygen atoms in total. The largest absolute Gasteiger partial charge is 0.507 e. The van der Waals surface area contributed by atoms with Gasteiger partial charge in [0.2, 0.25) is 6.10 Å². The van der Waals surface area contributed by atoms with Gasteiger partial charge in [0, 0.05) is 17.1 Å². The molecule has 2 aromatic carbocycles. The number of benzene rings is 2. The van der Waals surface area contributed by atoms with Crippen LogP contribution in [0.1, 0.15) is 28.9 Å². The van der Waals surface area contributed by atoms with Gasteiger partial charge in [-0.25, -0.2) is 9.59 Å². The van der Waals surface area contributed by atoms with Crippen LogP contribution in [0.15, 0.2) is 48.5 Å². The van der Waals surface area contributed by atoms with Crippen LogP contribution in [0.25, 0.3) is 0 Å². The fraction of sp³-hybridized carbons (Fsp3) is 0.167.